The van der Waals surface area contributed by atoms with Crippen molar-refractivity contribution in [3.63, 3.8) is 0 Å². The van der Waals surface area contributed by atoms with E-state index in [9.17, 15) is 0 Å². The minimum atomic E-state index is 0.572. The van der Waals surface area contributed by atoms with Crippen LogP contribution in [0.25, 0.3) is 0 Å². The highest BCUT2D eigenvalue weighted by atomic mass is 16.5. The molecule has 2 aromatic carbocycles. The number of ether oxygens (including phenoxy) is 2. The van der Waals surface area contributed by atoms with Crippen molar-refractivity contribution < 1.29 is 9.47 Å². The number of rotatable bonds is 6. The summed E-state index contributed by atoms with van der Waals surface area (Å²) in [6.07, 6.45) is 0.789. The molecule has 0 amide bonds. The second-order valence-corrected chi connectivity index (χ2v) is 4.61. The number of aryl methyl sites for hydroxylation is 1. The highest BCUT2D eigenvalue weighted by Crippen LogP contribution is 2.24. The molecule has 0 aliphatic rings. The van der Waals surface area contributed by atoms with E-state index in [0.717, 1.165) is 29.2 Å². The van der Waals surface area contributed by atoms with Gasteiger partial charge >= 0.3 is 0 Å². The van der Waals surface area contributed by atoms with Crippen molar-refractivity contribution in [2.75, 3.05) is 24.7 Å². The molecule has 0 unspecified atom stereocenters. The van der Waals surface area contributed by atoms with Crippen molar-refractivity contribution in [3.05, 3.63) is 48.0 Å². The molecule has 0 aliphatic heterocycles. The minimum Gasteiger partial charge on any atom is -0.493 e. The first kappa shape index (κ1) is 14.1. The third-order valence-electron chi connectivity index (χ3n) is 2.98. The van der Waals surface area contributed by atoms with Gasteiger partial charge in [0.1, 0.15) is 11.5 Å². The number of hydrogen-bond donors (Lipinski definition) is 2. The van der Waals surface area contributed by atoms with Crippen LogP contribution in [0, 0.1) is 6.92 Å². The van der Waals surface area contributed by atoms with Crippen molar-refractivity contribution >= 4 is 11.4 Å². The van der Waals surface area contributed by atoms with E-state index < -0.39 is 0 Å². The van der Waals surface area contributed by atoms with Crippen molar-refractivity contribution in [1.82, 2.24) is 0 Å². The first-order valence-electron chi connectivity index (χ1n) is 6.63. The van der Waals surface area contributed by atoms with E-state index in [4.69, 9.17) is 20.9 Å². The Kier molecular flexibility index (Phi) is 4.71. The maximum atomic E-state index is 5.93. The monoisotopic (exact) mass is 272 g/mol. The minimum absolute atomic E-state index is 0.572. The average molecular weight is 272 g/mol. The van der Waals surface area contributed by atoms with Gasteiger partial charge < -0.3 is 20.9 Å². The lowest BCUT2D eigenvalue weighted by atomic mass is 10.2. The van der Waals surface area contributed by atoms with Gasteiger partial charge in [-0.1, -0.05) is 12.1 Å². The molecular formula is C16H20N2O2. The van der Waals surface area contributed by atoms with Gasteiger partial charge in [-0.15, -0.1) is 0 Å². The summed E-state index contributed by atoms with van der Waals surface area (Å²) in [5, 5.41) is 0. The Labute approximate surface area is 119 Å². The summed E-state index contributed by atoms with van der Waals surface area (Å²) in [4.78, 5) is 0. The van der Waals surface area contributed by atoms with Crippen LogP contribution in [0.3, 0.4) is 0 Å². The number of para-hydroxylation sites is 1. The molecule has 0 bridgehead atoms. The standard InChI is InChI=1S/C16H20N2O2/c1-12-4-2-5-15(16(12)18)20-11-3-10-19-14-8-6-13(17)7-9-14/h2,4-9H,3,10-11,17-18H2,1H3. The Hall–Kier alpha value is -2.36. The van der Waals surface area contributed by atoms with Gasteiger partial charge in [-0.2, -0.15) is 0 Å². The lowest BCUT2D eigenvalue weighted by Gasteiger charge is -2.11. The lowest BCUT2D eigenvalue weighted by Crippen LogP contribution is -2.06. The molecule has 4 N–H and O–H groups in total. The number of hydrogen-bond acceptors (Lipinski definition) is 4. The van der Waals surface area contributed by atoms with Crippen LogP contribution >= 0.6 is 0 Å². The fourth-order valence-corrected chi connectivity index (χ4v) is 1.77. The quantitative estimate of drug-likeness (QED) is 0.626. The Balaban J connectivity index is 1.71. The number of benzene rings is 2. The summed E-state index contributed by atoms with van der Waals surface area (Å²) in [6, 6.07) is 13.1. The molecule has 0 atom stereocenters. The van der Waals surface area contributed by atoms with Gasteiger partial charge in [0, 0.05) is 12.1 Å². The van der Waals surface area contributed by atoms with Crippen molar-refractivity contribution in [2.24, 2.45) is 0 Å². The molecular weight excluding hydrogens is 252 g/mol. The third-order valence-corrected chi connectivity index (χ3v) is 2.98. The average Bonchev–Trinajstić information content (AvgIpc) is 2.45. The predicted molar refractivity (Wildman–Crippen MR) is 82.1 cm³/mol. The third kappa shape index (κ3) is 3.82. The molecule has 0 heterocycles. The van der Waals surface area contributed by atoms with Gasteiger partial charge in [0.2, 0.25) is 0 Å². The Morgan fingerprint density at radius 3 is 2.35 bits per heavy atom. The van der Waals surface area contributed by atoms with Gasteiger partial charge in [0.15, 0.2) is 0 Å². The zero-order valence-electron chi connectivity index (χ0n) is 11.6. The second kappa shape index (κ2) is 6.70. The van der Waals surface area contributed by atoms with Crippen LogP contribution in [-0.4, -0.2) is 13.2 Å². The number of anilines is 2. The van der Waals surface area contributed by atoms with Crippen LogP contribution in [0.15, 0.2) is 42.5 Å². The summed E-state index contributed by atoms with van der Waals surface area (Å²) >= 11 is 0. The van der Waals surface area contributed by atoms with E-state index in [2.05, 4.69) is 0 Å². The molecule has 0 aromatic heterocycles. The van der Waals surface area contributed by atoms with Crippen molar-refractivity contribution in [1.29, 1.82) is 0 Å². The van der Waals surface area contributed by atoms with Crippen LogP contribution in [0.1, 0.15) is 12.0 Å². The zero-order chi connectivity index (χ0) is 14.4. The van der Waals surface area contributed by atoms with Gasteiger partial charge in [0.05, 0.1) is 18.9 Å². The van der Waals surface area contributed by atoms with Crippen LogP contribution in [0.2, 0.25) is 0 Å². The first-order valence-corrected chi connectivity index (χ1v) is 6.63. The van der Waals surface area contributed by atoms with Gasteiger partial charge in [-0.25, -0.2) is 0 Å². The molecule has 4 heteroatoms. The van der Waals surface area contributed by atoms with Gasteiger partial charge in [0.25, 0.3) is 0 Å². The van der Waals surface area contributed by atoms with E-state index >= 15 is 0 Å². The number of nitrogens with two attached hydrogens (primary N) is 2. The molecule has 4 nitrogen and oxygen atoms in total. The maximum Gasteiger partial charge on any atom is 0.142 e. The molecule has 2 aromatic rings. The summed E-state index contributed by atoms with van der Waals surface area (Å²) in [5.74, 6) is 1.55. The second-order valence-electron chi connectivity index (χ2n) is 4.61. The largest absolute Gasteiger partial charge is 0.493 e. The topological polar surface area (TPSA) is 70.5 Å². The molecule has 106 valence electrons. The Morgan fingerprint density at radius 1 is 0.900 bits per heavy atom. The highest BCUT2D eigenvalue weighted by molar-refractivity contribution is 5.57. The number of nitrogen functional groups attached to an aromatic ring is 2. The van der Waals surface area contributed by atoms with E-state index in [1.165, 1.54) is 0 Å². The zero-order valence-corrected chi connectivity index (χ0v) is 11.6. The molecule has 0 fully saturated rings. The molecule has 0 spiro atoms. The molecule has 20 heavy (non-hydrogen) atoms. The van der Waals surface area contributed by atoms with Crippen LogP contribution in [0.5, 0.6) is 11.5 Å². The first-order chi connectivity index (χ1) is 9.66. The van der Waals surface area contributed by atoms with Crippen LogP contribution < -0.4 is 20.9 Å². The Bertz CT molecular complexity index is 553. The Morgan fingerprint density at radius 2 is 1.60 bits per heavy atom. The van der Waals surface area contributed by atoms with E-state index in [0.29, 0.717) is 18.9 Å². The summed E-state index contributed by atoms with van der Waals surface area (Å²) in [6.45, 7) is 3.13. The predicted octanol–water partition coefficient (Wildman–Crippen LogP) is 3.01. The van der Waals surface area contributed by atoms with Crippen LogP contribution in [0.4, 0.5) is 11.4 Å². The molecule has 0 saturated heterocycles. The van der Waals surface area contributed by atoms with Crippen molar-refractivity contribution in [2.45, 2.75) is 13.3 Å². The molecule has 0 radical (unpaired) electrons. The fourth-order valence-electron chi connectivity index (χ4n) is 1.77. The SMILES string of the molecule is Cc1cccc(OCCCOc2ccc(N)cc2)c1N. The molecule has 0 aliphatic carbocycles. The van der Waals surface area contributed by atoms with Crippen LogP contribution in [-0.2, 0) is 0 Å². The molecule has 2 rings (SSSR count). The fraction of sp³-hybridized carbons (Fsp3) is 0.250. The van der Waals surface area contributed by atoms with Crippen molar-refractivity contribution in [3.8, 4) is 11.5 Å². The van der Waals surface area contributed by atoms with Gasteiger partial charge in [-0.3, -0.25) is 0 Å². The summed E-state index contributed by atoms with van der Waals surface area (Å²) in [7, 11) is 0. The van der Waals surface area contributed by atoms with E-state index in [1.54, 1.807) is 0 Å². The summed E-state index contributed by atoms with van der Waals surface area (Å²) in [5.41, 5.74) is 14.0. The van der Waals surface area contributed by atoms with E-state index in [1.807, 2.05) is 49.4 Å². The van der Waals surface area contributed by atoms with Gasteiger partial charge in [-0.05, 0) is 42.8 Å². The smallest absolute Gasteiger partial charge is 0.142 e. The van der Waals surface area contributed by atoms with E-state index in [-0.39, 0.29) is 0 Å². The highest BCUT2D eigenvalue weighted by Gasteiger charge is 2.02. The maximum absolute atomic E-state index is 5.93. The molecule has 0 saturated carbocycles. The summed E-state index contributed by atoms with van der Waals surface area (Å²) < 4.78 is 11.2. The lowest BCUT2D eigenvalue weighted by molar-refractivity contribution is 0.248. The normalized spacial score (nSPS) is 10.2.